The van der Waals surface area contributed by atoms with Crippen LogP contribution in [0.3, 0.4) is 0 Å². The summed E-state index contributed by atoms with van der Waals surface area (Å²) in [5, 5.41) is 0.757. The van der Waals surface area contributed by atoms with Crippen LogP contribution >= 0.6 is 31.9 Å². The summed E-state index contributed by atoms with van der Waals surface area (Å²) in [6.45, 7) is 5.15. The van der Waals surface area contributed by atoms with E-state index in [4.69, 9.17) is 4.74 Å². The standard InChI is InChI=1S/C7H12Br2O2/c1-5(10)11-7(2,3)6(9)4-8/h6H,4H2,1-3H3. The zero-order valence-electron chi connectivity index (χ0n) is 6.86. The van der Waals surface area contributed by atoms with E-state index in [9.17, 15) is 4.79 Å². The van der Waals surface area contributed by atoms with Gasteiger partial charge in [0, 0.05) is 12.3 Å². The lowest BCUT2D eigenvalue weighted by atomic mass is 10.1. The van der Waals surface area contributed by atoms with Crippen LogP contribution in [0.5, 0.6) is 0 Å². The summed E-state index contributed by atoms with van der Waals surface area (Å²) < 4.78 is 5.07. The van der Waals surface area contributed by atoms with Crippen molar-refractivity contribution in [2.45, 2.75) is 31.2 Å². The Morgan fingerprint density at radius 2 is 2.09 bits per heavy atom. The van der Waals surface area contributed by atoms with Gasteiger partial charge in [0.1, 0.15) is 5.60 Å². The van der Waals surface area contributed by atoms with E-state index >= 15 is 0 Å². The third-order valence-electron chi connectivity index (χ3n) is 1.30. The molecular formula is C7H12Br2O2. The van der Waals surface area contributed by atoms with E-state index in [0.717, 1.165) is 5.33 Å². The maximum atomic E-state index is 10.6. The fraction of sp³-hybridized carbons (Fsp3) is 0.857. The Morgan fingerprint density at radius 1 is 1.64 bits per heavy atom. The van der Waals surface area contributed by atoms with Gasteiger partial charge in [-0.15, -0.1) is 0 Å². The summed E-state index contributed by atoms with van der Waals surface area (Å²) in [5.74, 6) is -0.250. The summed E-state index contributed by atoms with van der Waals surface area (Å²) in [7, 11) is 0. The van der Waals surface area contributed by atoms with Crippen LogP contribution in [0.25, 0.3) is 0 Å². The highest BCUT2D eigenvalue weighted by Gasteiger charge is 2.29. The Balaban J connectivity index is 4.08. The number of hydrogen-bond donors (Lipinski definition) is 0. The van der Waals surface area contributed by atoms with Crippen molar-refractivity contribution < 1.29 is 9.53 Å². The summed E-state index contributed by atoms with van der Waals surface area (Å²) >= 11 is 6.71. The Labute approximate surface area is 83.9 Å². The molecule has 0 bridgehead atoms. The van der Waals surface area contributed by atoms with Gasteiger partial charge in [-0.05, 0) is 13.8 Å². The van der Waals surface area contributed by atoms with Crippen molar-refractivity contribution in [2.75, 3.05) is 5.33 Å². The van der Waals surface area contributed by atoms with Gasteiger partial charge in [-0.25, -0.2) is 0 Å². The number of carbonyl (C=O) groups is 1. The molecule has 0 heterocycles. The van der Waals surface area contributed by atoms with E-state index in [1.54, 1.807) is 0 Å². The first kappa shape index (κ1) is 11.4. The smallest absolute Gasteiger partial charge is 0.303 e. The average molecular weight is 288 g/mol. The average Bonchev–Trinajstić information content (AvgIpc) is 1.83. The van der Waals surface area contributed by atoms with Gasteiger partial charge in [-0.2, -0.15) is 0 Å². The van der Waals surface area contributed by atoms with Crippen LogP contribution in [0.15, 0.2) is 0 Å². The molecule has 0 fully saturated rings. The molecule has 2 nitrogen and oxygen atoms in total. The lowest BCUT2D eigenvalue weighted by Gasteiger charge is -2.28. The van der Waals surface area contributed by atoms with E-state index in [0.29, 0.717) is 0 Å². The van der Waals surface area contributed by atoms with Gasteiger partial charge in [0.05, 0.1) is 4.83 Å². The van der Waals surface area contributed by atoms with E-state index < -0.39 is 5.60 Å². The zero-order valence-corrected chi connectivity index (χ0v) is 10.0. The first-order chi connectivity index (χ1) is 4.90. The minimum atomic E-state index is -0.449. The Kier molecular flexibility index (Phi) is 4.63. The van der Waals surface area contributed by atoms with Crippen LogP contribution in [-0.2, 0) is 9.53 Å². The van der Waals surface area contributed by atoms with Gasteiger partial charge in [-0.3, -0.25) is 4.79 Å². The maximum absolute atomic E-state index is 10.6. The van der Waals surface area contributed by atoms with E-state index in [1.807, 2.05) is 13.8 Å². The summed E-state index contributed by atoms with van der Waals surface area (Å²) in [5.41, 5.74) is -0.449. The third-order valence-corrected chi connectivity index (χ3v) is 4.24. The van der Waals surface area contributed by atoms with Gasteiger partial charge < -0.3 is 4.74 Å². The number of alkyl halides is 2. The summed E-state index contributed by atoms with van der Waals surface area (Å²) in [4.78, 5) is 10.8. The van der Waals surface area contributed by atoms with Crippen LogP contribution in [0.4, 0.5) is 0 Å². The molecule has 0 aliphatic carbocycles. The second-order valence-corrected chi connectivity index (χ2v) is 4.57. The monoisotopic (exact) mass is 286 g/mol. The second-order valence-electron chi connectivity index (χ2n) is 2.82. The van der Waals surface area contributed by atoms with Gasteiger partial charge >= 0.3 is 5.97 Å². The molecule has 0 amide bonds. The largest absolute Gasteiger partial charge is 0.459 e. The molecule has 0 aliphatic rings. The predicted molar refractivity (Wildman–Crippen MR) is 52.4 cm³/mol. The Hall–Kier alpha value is 0.430. The van der Waals surface area contributed by atoms with Crippen molar-refractivity contribution in [3.63, 3.8) is 0 Å². The molecule has 0 saturated carbocycles. The fourth-order valence-electron chi connectivity index (χ4n) is 0.620. The van der Waals surface area contributed by atoms with Crippen LogP contribution in [0.1, 0.15) is 20.8 Å². The SMILES string of the molecule is CC(=O)OC(C)(C)C(Br)CBr. The molecule has 0 aliphatic heterocycles. The molecule has 66 valence electrons. The molecule has 1 atom stereocenters. The first-order valence-corrected chi connectivity index (χ1v) is 5.33. The molecule has 0 N–H and O–H groups in total. The third kappa shape index (κ3) is 4.11. The number of halogens is 2. The lowest BCUT2D eigenvalue weighted by Crippen LogP contribution is -2.37. The molecule has 1 unspecified atom stereocenters. The van der Waals surface area contributed by atoms with Crippen molar-refractivity contribution in [2.24, 2.45) is 0 Å². The number of esters is 1. The summed E-state index contributed by atoms with van der Waals surface area (Å²) in [6, 6.07) is 0. The quantitative estimate of drug-likeness (QED) is 0.589. The molecule has 11 heavy (non-hydrogen) atoms. The van der Waals surface area contributed by atoms with Gasteiger partial charge in [-0.1, -0.05) is 31.9 Å². The molecule has 0 aromatic carbocycles. The molecule has 0 aromatic rings. The topological polar surface area (TPSA) is 26.3 Å². The van der Waals surface area contributed by atoms with Crippen LogP contribution < -0.4 is 0 Å². The maximum Gasteiger partial charge on any atom is 0.303 e. The van der Waals surface area contributed by atoms with Crippen molar-refractivity contribution in [1.82, 2.24) is 0 Å². The van der Waals surface area contributed by atoms with Crippen LogP contribution in [-0.4, -0.2) is 21.7 Å². The minimum absolute atomic E-state index is 0.138. The first-order valence-electron chi connectivity index (χ1n) is 3.29. The van der Waals surface area contributed by atoms with Gasteiger partial charge in [0.2, 0.25) is 0 Å². The molecule has 4 heteroatoms. The predicted octanol–water partition coefficient (Wildman–Crippen LogP) is 2.49. The van der Waals surface area contributed by atoms with Crippen molar-refractivity contribution in [3.8, 4) is 0 Å². The number of ether oxygens (including phenoxy) is 1. The van der Waals surface area contributed by atoms with E-state index in [1.165, 1.54) is 6.92 Å². The van der Waals surface area contributed by atoms with Crippen LogP contribution in [0, 0.1) is 0 Å². The number of carbonyl (C=O) groups excluding carboxylic acids is 1. The summed E-state index contributed by atoms with van der Waals surface area (Å²) in [6.07, 6.45) is 0. The van der Waals surface area contributed by atoms with Crippen LogP contribution in [0.2, 0.25) is 0 Å². The Bertz CT molecular complexity index is 145. The highest BCUT2D eigenvalue weighted by molar-refractivity contribution is 9.12. The molecule has 0 saturated heterocycles. The Morgan fingerprint density at radius 3 is 2.36 bits per heavy atom. The number of hydrogen-bond acceptors (Lipinski definition) is 2. The lowest BCUT2D eigenvalue weighted by molar-refractivity contribution is -0.153. The highest BCUT2D eigenvalue weighted by atomic mass is 79.9. The normalized spacial score (nSPS) is 14.3. The van der Waals surface area contributed by atoms with Crippen molar-refractivity contribution in [1.29, 1.82) is 0 Å². The van der Waals surface area contributed by atoms with Crippen molar-refractivity contribution in [3.05, 3.63) is 0 Å². The fourth-order valence-corrected chi connectivity index (χ4v) is 1.49. The minimum Gasteiger partial charge on any atom is -0.459 e. The molecular weight excluding hydrogens is 276 g/mol. The molecule has 0 radical (unpaired) electrons. The van der Waals surface area contributed by atoms with Crippen molar-refractivity contribution >= 4 is 37.8 Å². The highest BCUT2D eigenvalue weighted by Crippen LogP contribution is 2.23. The van der Waals surface area contributed by atoms with Gasteiger partial charge in [0.25, 0.3) is 0 Å². The van der Waals surface area contributed by atoms with E-state index in [2.05, 4.69) is 31.9 Å². The van der Waals surface area contributed by atoms with E-state index in [-0.39, 0.29) is 10.8 Å². The molecule has 0 spiro atoms. The number of rotatable bonds is 3. The molecule has 0 aromatic heterocycles. The van der Waals surface area contributed by atoms with Gasteiger partial charge in [0.15, 0.2) is 0 Å². The second kappa shape index (κ2) is 4.45. The zero-order chi connectivity index (χ0) is 9.07. The molecule has 0 rings (SSSR count).